The number of nitrogens with zero attached hydrogens (tertiary/aromatic N) is 2. The van der Waals surface area contributed by atoms with Crippen LogP contribution in [-0.4, -0.2) is 47.9 Å². The van der Waals surface area contributed by atoms with Crippen molar-refractivity contribution in [2.45, 2.75) is 26.3 Å². The predicted molar refractivity (Wildman–Crippen MR) is 79.2 cm³/mol. The van der Waals surface area contributed by atoms with E-state index in [1.807, 2.05) is 17.0 Å². The van der Waals surface area contributed by atoms with Crippen LogP contribution in [0.5, 0.6) is 0 Å². The number of amides is 1. The van der Waals surface area contributed by atoms with Crippen molar-refractivity contribution in [3.8, 4) is 0 Å². The molecule has 1 aliphatic heterocycles. The molecule has 1 saturated heterocycles. The molecule has 0 radical (unpaired) electrons. The molecule has 0 spiro atoms. The number of rotatable bonds is 4. The van der Waals surface area contributed by atoms with Crippen molar-refractivity contribution >= 4 is 33.2 Å². The van der Waals surface area contributed by atoms with Crippen molar-refractivity contribution in [2.75, 3.05) is 26.2 Å². The van der Waals surface area contributed by atoms with E-state index in [2.05, 4.69) is 34.7 Å². The second kappa shape index (κ2) is 6.17. The number of likely N-dealkylation sites (tertiary alicyclic amines) is 1. The number of hydrogen-bond donors (Lipinski definition) is 0. The fraction of sp³-hybridized carbons (Fsp3) is 0.615. The molecular formula is C13H19BrN2OS. The van der Waals surface area contributed by atoms with Gasteiger partial charge in [0.05, 0.1) is 8.66 Å². The van der Waals surface area contributed by atoms with E-state index in [-0.39, 0.29) is 5.91 Å². The Morgan fingerprint density at radius 3 is 2.78 bits per heavy atom. The zero-order valence-corrected chi connectivity index (χ0v) is 13.3. The predicted octanol–water partition coefficient (Wildman–Crippen LogP) is 3.07. The summed E-state index contributed by atoms with van der Waals surface area (Å²) in [5.41, 5.74) is 0. The quantitative estimate of drug-likeness (QED) is 0.847. The van der Waals surface area contributed by atoms with Crippen LogP contribution >= 0.6 is 27.3 Å². The Morgan fingerprint density at radius 2 is 2.22 bits per heavy atom. The summed E-state index contributed by atoms with van der Waals surface area (Å²) in [5.74, 6) is 0.181. The molecule has 0 aromatic carbocycles. The molecule has 1 aromatic rings. The first-order valence-corrected chi connectivity index (χ1v) is 8.05. The summed E-state index contributed by atoms with van der Waals surface area (Å²) in [6, 6.07) is 4.38. The van der Waals surface area contributed by atoms with Crippen molar-refractivity contribution in [3.63, 3.8) is 0 Å². The highest BCUT2D eigenvalue weighted by Gasteiger charge is 2.30. The van der Waals surface area contributed by atoms with Crippen molar-refractivity contribution in [1.82, 2.24) is 9.80 Å². The molecule has 0 N–H and O–H groups in total. The average molecular weight is 331 g/mol. The first-order valence-electron chi connectivity index (χ1n) is 6.44. The van der Waals surface area contributed by atoms with Crippen LogP contribution in [0.4, 0.5) is 0 Å². The maximum absolute atomic E-state index is 12.3. The van der Waals surface area contributed by atoms with E-state index < -0.39 is 0 Å². The fourth-order valence-corrected chi connectivity index (χ4v) is 3.90. The first-order chi connectivity index (χ1) is 8.65. The van der Waals surface area contributed by atoms with Gasteiger partial charge >= 0.3 is 0 Å². The highest BCUT2D eigenvalue weighted by Crippen LogP contribution is 2.25. The van der Waals surface area contributed by atoms with Gasteiger partial charge in [-0.05, 0) is 47.6 Å². The standard InChI is InChI=1S/C13H19BrN2OS/c1-3-15(4-2)10-7-8-16(9-10)13(17)11-5-6-12(14)18-11/h5-6,10H,3-4,7-9H2,1-2H3. The van der Waals surface area contributed by atoms with Crippen LogP contribution in [0.2, 0.25) is 0 Å². The summed E-state index contributed by atoms with van der Waals surface area (Å²) < 4.78 is 1.02. The topological polar surface area (TPSA) is 23.6 Å². The third-order valence-electron chi connectivity index (χ3n) is 3.56. The Morgan fingerprint density at radius 1 is 1.50 bits per heavy atom. The Labute approximate surface area is 121 Å². The molecule has 1 aromatic heterocycles. The van der Waals surface area contributed by atoms with Crippen LogP contribution in [0.1, 0.15) is 29.9 Å². The van der Waals surface area contributed by atoms with Gasteiger partial charge in [-0.2, -0.15) is 0 Å². The number of carbonyl (C=O) groups excluding carboxylic acids is 1. The molecule has 1 fully saturated rings. The zero-order valence-electron chi connectivity index (χ0n) is 10.9. The SMILES string of the molecule is CCN(CC)C1CCN(C(=O)c2ccc(Br)s2)C1. The molecule has 0 aliphatic carbocycles. The van der Waals surface area contributed by atoms with Crippen molar-refractivity contribution in [3.05, 3.63) is 20.8 Å². The molecule has 0 bridgehead atoms. The molecule has 2 heterocycles. The Kier molecular flexibility index (Phi) is 4.81. The number of hydrogen-bond acceptors (Lipinski definition) is 3. The summed E-state index contributed by atoms with van der Waals surface area (Å²) in [7, 11) is 0. The first kappa shape index (κ1) is 14.0. The minimum absolute atomic E-state index is 0.181. The van der Waals surface area contributed by atoms with E-state index in [0.29, 0.717) is 6.04 Å². The van der Waals surface area contributed by atoms with E-state index >= 15 is 0 Å². The lowest BCUT2D eigenvalue weighted by Crippen LogP contribution is -2.38. The van der Waals surface area contributed by atoms with Crippen LogP contribution in [0.15, 0.2) is 15.9 Å². The Balaban J connectivity index is 1.98. The van der Waals surface area contributed by atoms with Gasteiger partial charge in [-0.15, -0.1) is 11.3 Å². The lowest BCUT2D eigenvalue weighted by molar-refractivity contribution is 0.0782. The van der Waals surface area contributed by atoms with Gasteiger partial charge < -0.3 is 4.90 Å². The molecule has 18 heavy (non-hydrogen) atoms. The highest BCUT2D eigenvalue weighted by molar-refractivity contribution is 9.11. The van der Waals surface area contributed by atoms with Gasteiger partial charge in [0.25, 0.3) is 5.91 Å². The third kappa shape index (κ3) is 2.95. The highest BCUT2D eigenvalue weighted by atomic mass is 79.9. The fourth-order valence-electron chi connectivity index (χ4n) is 2.55. The van der Waals surface area contributed by atoms with Crippen LogP contribution in [0.25, 0.3) is 0 Å². The maximum atomic E-state index is 12.3. The zero-order chi connectivity index (χ0) is 13.1. The molecule has 0 saturated carbocycles. The molecule has 1 unspecified atom stereocenters. The number of halogens is 1. The second-order valence-corrected chi connectivity index (χ2v) is 6.98. The summed E-state index contributed by atoms with van der Waals surface area (Å²) in [5, 5.41) is 0. The number of carbonyl (C=O) groups is 1. The molecule has 1 amide bonds. The van der Waals surface area contributed by atoms with Crippen LogP contribution in [0.3, 0.4) is 0 Å². The Hall–Kier alpha value is -0.390. The minimum atomic E-state index is 0.181. The molecule has 5 heteroatoms. The maximum Gasteiger partial charge on any atom is 0.264 e. The van der Waals surface area contributed by atoms with Gasteiger partial charge in [-0.1, -0.05) is 13.8 Å². The molecule has 1 aliphatic rings. The smallest absolute Gasteiger partial charge is 0.264 e. The van der Waals surface area contributed by atoms with Gasteiger partial charge in [-0.25, -0.2) is 0 Å². The van der Waals surface area contributed by atoms with Crippen LogP contribution < -0.4 is 0 Å². The van der Waals surface area contributed by atoms with Crippen molar-refractivity contribution < 1.29 is 4.79 Å². The van der Waals surface area contributed by atoms with E-state index in [0.717, 1.165) is 41.3 Å². The van der Waals surface area contributed by atoms with Crippen LogP contribution in [-0.2, 0) is 0 Å². The second-order valence-electron chi connectivity index (χ2n) is 4.52. The van der Waals surface area contributed by atoms with Gasteiger partial charge in [0.2, 0.25) is 0 Å². The van der Waals surface area contributed by atoms with Crippen LogP contribution in [0, 0.1) is 0 Å². The van der Waals surface area contributed by atoms with E-state index in [1.54, 1.807) is 0 Å². The van der Waals surface area contributed by atoms with Crippen molar-refractivity contribution in [1.29, 1.82) is 0 Å². The molecule has 100 valence electrons. The van der Waals surface area contributed by atoms with Gasteiger partial charge in [0.15, 0.2) is 0 Å². The lowest BCUT2D eigenvalue weighted by Gasteiger charge is -2.26. The molecule has 3 nitrogen and oxygen atoms in total. The normalized spacial score (nSPS) is 19.8. The monoisotopic (exact) mass is 330 g/mol. The van der Waals surface area contributed by atoms with E-state index in [1.165, 1.54) is 11.3 Å². The largest absolute Gasteiger partial charge is 0.336 e. The summed E-state index contributed by atoms with van der Waals surface area (Å²) >= 11 is 4.92. The summed E-state index contributed by atoms with van der Waals surface area (Å²) in [6.45, 7) is 8.25. The molecular weight excluding hydrogens is 312 g/mol. The summed E-state index contributed by atoms with van der Waals surface area (Å²) in [6.07, 6.45) is 1.10. The van der Waals surface area contributed by atoms with E-state index in [4.69, 9.17) is 0 Å². The average Bonchev–Trinajstić information content (AvgIpc) is 2.99. The van der Waals surface area contributed by atoms with E-state index in [9.17, 15) is 4.79 Å². The number of likely N-dealkylation sites (N-methyl/N-ethyl adjacent to an activating group) is 1. The van der Waals surface area contributed by atoms with Gasteiger partial charge in [0, 0.05) is 19.1 Å². The minimum Gasteiger partial charge on any atom is -0.336 e. The summed E-state index contributed by atoms with van der Waals surface area (Å²) in [4.78, 5) is 17.6. The Bertz CT molecular complexity index is 417. The number of thiophene rings is 1. The molecule has 2 rings (SSSR count). The van der Waals surface area contributed by atoms with Crippen molar-refractivity contribution in [2.24, 2.45) is 0 Å². The van der Waals surface area contributed by atoms with Gasteiger partial charge in [0.1, 0.15) is 0 Å². The lowest BCUT2D eigenvalue weighted by atomic mass is 10.2. The third-order valence-corrected chi connectivity index (χ3v) is 5.17. The van der Waals surface area contributed by atoms with Gasteiger partial charge in [-0.3, -0.25) is 9.69 Å². The molecule has 1 atom stereocenters.